The molecule has 0 spiro atoms. The van der Waals surface area contributed by atoms with Gasteiger partial charge < -0.3 is 4.42 Å². The van der Waals surface area contributed by atoms with Crippen LogP contribution in [-0.4, -0.2) is 0 Å². The molecule has 0 radical (unpaired) electrons. The highest BCUT2D eigenvalue weighted by Crippen LogP contribution is 2.33. The Morgan fingerprint density at radius 2 is 1.23 bits per heavy atom. The lowest BCUT2D eigenvalue weighted by Crippen LogP contribution is -1.93. The van der Waals surface area contributed by atoms with Gasteiger partial charge >= 0.3 is 0 Å². The van der Waals surface area contributed by atoms with E-state index >= 15 is 0 Å². The zero-order valence-electron chi connectivity index (χ0n) is 14.4. The van der Waals surface area contributed by atoms with Crippen LogP contribution in [0.2, 0.25) is 0 Å². The fraction of sp³-hybridized carbons (Fsp3) is 0.0400. The first-order valence-corrected chi connectivity index (χ1v) is 8.92. The predicted molar refractivity (Wildman–Crippen MR) is 108 cm³/mol. The van der Waals surface area contributed by atoms with Gasteiger partial charge in [0.2, 0.25) is 0 Å². The van der Waals surface area contributed by atoms with E-state index in [4.69, 9.17) is 4.42 Å². The van der Waals surface area contributed by atoms with Crippen LogP contribution in [0.5, 0.6) is 0 Å². The molecule has 124 valence electrons. The highest BCUT2D eigenvalue weighted by Gasteiger charge is 2.12. The Morgan fingerprint density at radius 3 is 2.15 bits per heavy atom. The fourth-order valence-corrected chi connectivity index (χ4v) is 3.77. The van der Waals surface area contributed by atoms with Crippen molar-refractivity contribution in [2.75, 3.05) is 0 Å². The number of benzene rings is 4. The van der Waals surface area contributed by atoms with Crippen LogP contribution in [0.15, 0.2) is 101 Å². The van der Waals surface area contributed by atoms with Gasteiger partial charge in [-0.25, -0.2) is 0 Å². The van der Waals surface area contributed by atoms with Gasteiger partial charge in [-0.2, -0.15) is 0 Å². The second-order valence-corrected chi connectivity index (χ2v) is 6.59. The van der Waals surface area contributed by atoms with Crippen molar-refractivity contribution >= 4 is 21.9 Å². The Balaban J connectivity index is 1.68. The monoisotopic (exact) mass is 334 g/mol. The molecule has 1 aromatic heterocycles. The summed E-state index contributed by atoms with van der Waals surface area (Å²) in [4.78, 5) is 0. The first-order chi connectivity index (χ1) is 12.9. The SMILES string of the molecule is c1ccc(-c2ccccc2Cc2cccc3oc4ccccc4c23)cc1. The van der Waals surface area contributed by atoms with Crippen molar-refractivity contribution in [1.29, 1.82) is 0 Å². The van der Waals surface area contributed by atoms with Gasteiger partial charge in [-0.15, -0.1) is 0 Å². The van der Waals surface area contributed by atoms with Crippen molar-refractivity contribution in [1.82, 2.24) is 0 Å². The second kappa shape index (κ2) is 6.20. The van der Waals surface area contributed by atoms with E-state index in [0.717, 1.165) is 17.6 Å². The molecule has 0 saturated carbocycles. The molecule has 1 heterocycles. The van der Waals surface area contributed by atoms with Gasteiger partial charge in [0.1, 0.15) is 11.2 Å². The van der Waals surface area contributed by atoms with Crippen molar-refractivity contribution in [3.05, 3.63) is 108 Å². The molecular formula is C25H18O. The summed E-state index contributed by atoms with van der Waals surface area (Å²) in [6, 6.07) is 33.9. The summed E-state index contributed by atoms with van der Waals surface area (Å²) in [5.74, 6) is 0. The second-order valence-electron chi connectivity index (χ2n) is 6.59. The smallest absolute Gasteiger partial charge is 0.135 e. The summed E-state index contributed by atoms with van der Waals surface area (Å²) >= 11 is 0. The number of hydrogen-bond donors (Lipinski definition) is 0. The predicted octanol–water partition coefficient (Wildman–Crippen LogP) is 6.84. The Morgan fingerprint density at radius 1 is 0.538 bits per heavy atom. The van der Waals surface area contributed by atoms with Crippen LogP contribution in [0.3, 0.4) is 0 Å². The summed E-state index contributed by atoms with van der Waals surface area (Å²) < 4.78 is 6.05. The summed E-state index contributed by atoms with van der Waals surface area (Å²) in [6.07, 6.45) is 0.881. The summed E-state index contributed by atoms with van der Waals surface area (Å²) in [7, 11) is 0. The van der Waals surface area contributed by atoms with Crippen molar-refractivity contribution in [2.45, 2.75) is 6.42 Å². The molecule has 0 aliphatic heterocycles. The lowest BCUT2D eigenvalue weighted by Gasteiger charge is -2.11. The summed E-state index contributed by atoms with van der Waals surface area (Å²) in [5.41, 5.74) is 7.09. The van der Waals surface area contributed by atoms with Gasteiger partial charge in [0.25, 0.3) is 0 Å². The fourth-order valence-electron chi connectivity index (χ4n) is 3.77. The number of fused-ring (bicyclic) bond motifs is 3. The zero-order valence-corrected chi connectivity index (χ0v) is 14.4. The van der Waals surface area contributed by atoms with E-state index in [-0.39, 0.29) is 0 Å². The maximum Gasteiger partial charge on any atom is 0.135 e. The normalized spacial score (nSPS) is 11.2. The molecule has 0 bridgehead atoms. The highest BCUT2D eigenvalue weighted by atomic mass is 16.3. The molecule has 1 heteroatoms. The van der Waals surface area contributed by atoms with Crippen molar-refractivity contribution in [3.63, 3.8) is 0 Å². The molecule has 26 heavy (non-hydrogen) atoms. The molecule has 0 amide bonds. The third kappa shape index (κ3) is 2.49. The largest absolute Gasteiger partial charge is 0.456 e. The number of para-hydroxylation sites is 1. The maximum absolute atomic E-state index is 6.05. The Hall–Kier alpha value is -3.32. The topological polar surface area (TPSA) is 13.1 Å². The zero-order chi connectivity index (χ0) is 17.3. The van der Waals surface area contributed by atoms with Crippen molar-refractivity contribution in [2.24, 2.45) is 0 Å². The lowest BCUT2D eigenvalue weighted by atomic mass is 9.93. The molecule has 0 saturated heterocycles. The molecule has 0 aliphatic rings. The minimum atomic E-state index is 0.881. The molecule has 0 fully saturated rings. The van der Waals surface area contributed by atoms with E-state index in [0.29, 0.717) is 0 Å². The van der Waals surface area contributed by atoms with E-state index in [2.05, 4.69) is 84.9 Å². The number of furan rings is 1. The molecule has 4 aromatic carbocycles. The molecule has 0 N–H and O–H groups in total. The van der Waals surface area contributed by atoms with Gasteiger partial charge in [0.15, 0.2) is 0 Å². The Kier molecular flexibility index (Phi) is 3.57. The Bertz CT molecular complexity index is 1200. The van der Waals surface area contributed by atoms with Gasteiger partial charge in [-0.3, -0.25) is 0 Å². The molecule has 1 nitrogen and oxygen atoms in total. The minimum absolute atomic E-state index is 0.881. The highest BCUT2D eigenvalue weighted by molar-refractivity contribution is 6.06. The van der Waals surface area contributed by atoms with Crippen molar-refractivity contribution in [3.8, 4) is 11.1 Å². The van der Waals surface area contributed by atoms with Gasteiger partial charge in [0, 0.05) is 10.8 Å². The average molecular weight is 334 g/mol. The van der Waals surface area contributed by atoms with Crippen molar-refractivity contribution < 1.29 is 4.42 Å². The van der Waals surface area contributed by atoms with E-state index in [1.807, 2.05) is 12.1 Å². The Labute approximate surface area is 152 Å². The van der Waals surface area contributed by atoms with Crippen LogP contribution in [-0.2, 0) is 6.42 Å². The summed E-state index contributed by atoms with van der Waals surface area (Å²) in [6.45, 7) is 0. The third-order valence-electron chi connectivity index (χ3n) is 4.97. The first kappa shape index (κ1) is 15.0. The average Bonchev–Trinajstić information content (AvgIpc) is 3.09. The third-order valence-corrected chi connectivity index (χ3v) is 4.97. The van der Waals surface area contributed by atoms with Crippen LogP contribution in [0, 0.1) is 0 Å². The molecule has 5 aromatic rings. The lowest BCUT2D eigenvalue weighted by molar-refractivity contribution is 0.668. The van der Waals surface area contributed by atoms with Crippen LogP contribution in [0.4, 0.5) is 0 Å². The number of hydrogen-bond acceptors (Lipinski definition) is 1. The molecule has 0 atom stereocenters. The van der Waals surface area contributed by atoms with Crippen LogP contribution < -0.4 is 0 Å². The van der Waals surface area contributed by atoms with Crippen LogP contribution >= 0.6 is 0 Å². The van der Waals surface area contributed by atoms with E-state index in [9.17, 15) is 0 Å². The van der Waals surface area contributed by atoms with Gasteiger partial charge in [-0.1, -0.05) is 84.9 Å². The van der Waals surface area contributed by atoms with E-state index in [1.54, 1.807) is 0 Å². The van der Waals surface area contributed by atoms with Crippen LogP contribution in [0.1, 0.15) is 11.1 Å². The minimum Gasteiger partial charge on any atom is -0.456 e. The maximum atomic E-state index is 6.05. The van der Waals surface area contributed by atoms with E-state index < -0.39 is 0 Å². The molecule has 0 aliphatic carbocycles. The molecule has 0 unspecified atom stereocenters. The quantitative estimate of drug-likeness (QED) is 0.352. The molecular weight excluding hydrogens is 316 g/mol. The number of rotatable bonds is 3. The van der Waals surface area contributed by atoms with Gasteiger partial charge in [0.05, 0.1) is 0 Å². The van der Waals surface area contributed by atoms with Gasteiger partial charge in [-0.05, 0) is 40.8 Å². The molecule has 5 rings (SSSR count). The first-order valence-electron chi connectivity index (χ1n) is 8.92. The summed E-state index contributed by atoms with van der Waals surface area (Å²) in [5, 5.41) is 2.42. The van der Waals surface area contributed by atoms with Crippen LogP contribution in [0.25, 0.3) is 33.1 Å². The van der Waals surface area contributed by atoms with E-state index in [1.165, 1.54) is 33.0 Å². The standard InChI is InChI=1S/C25H18O/c1-2-9-18(10-3-1)21-13-5-4-11-19(21)17-20-12-8-16-24-25(20)22-14-6-7-15-23(22)26-24/h1-16H,17H2.